The lowest BCUT2D eigenvalue weighted by molar-refractivity contribution is 0.0924. The van der Waals surface area contributed by atoms with Gasteiger partial charge in [-0.1, -0.05) is 14.9 Å². The molecule has 5 heteroatoms. The lowest BCUT2D eigenvalue weighted by Crippen LogP contribution is -1.97. The van der Waals surface area contributed by atoms with Crippen LogP contribution < -0.4 is 0 Å². The van der Waals surface area contributed by atoms with Crippen LogP contribution in [0.4, 0.5) is 4.79 Å². The van der Waals surface area contributed by atoms with Crippen molar-refractivity contribution >= 4 is 6.16 Å². The molecule has 0 radical (unpaired) electrons. The Morgan fingerprint density at radius 2 is 1.08 bits per heavy atom. The second kappa shape index (κ2) is 49.0. The Kier molecular flexibility index (Phi) is 124. The first kappa shape index (κ1) is 30.3. The van der Waals surface area contributed by atoms with E-state index in [1.165, 1.54) is 14.2 Å². The topological polar surface area (TPSA) is 76.0 Å². The van der Waals surface area contributed by atoms with Gasteiger partial charge in [-0.3, -0.25) is 0 Å². The summed E-state index contributed by atoms with van der Waals surface area (Å²) in [4.78, 5) is 9.74. The highest BCUT2D eigenvalue weighted by Crippen LogP contribution is 1.72. The minimum Gasteiger partial charge on any atom is -0.438 e. The molecule has 5 nitrogen and oxygen atoms in total. The Morgan fingerprint density at radius 3 is 1.08 bits per heavy atom. The zero-order valence-corrected chi connectivity index (χ0v) is 6.62. The number of aliphatic hydroxyl groups excluding tert-OH is 2. The molecule has 80 valence electrons. The van der Waals surface area contributed by atoms with Gasteiger partial charge in [-0.05, 0) is 0 Å². The van der Waals surface area contributed by atoms with Crippen molar-refractivity contribution in [3.63, 3.8) is 0 Å². The summed E-state index contributed by atoms with van der Waals surface area (Å²) in [5.74, 6) is 0. The molecular weight excluding hydrogens is 164 g/mol. The van der Waals surface area contributed by atoms with E-state index in [1.54, 1.807) is 0 Å². The third-order valence-electron chi connectivity index (χ3n) is 0.333. The number of carbonyl (C=O) groups excluding carboxylic acids is 1. The highest BCUT2D eigenvalue weighted by Gasteiger charge is 1.88. The number of carbonyl (C=O) groups is 1. The molecule has 0 rings (SSSR count). The molecular formula is C7H22O5. The molecule has 0 fully saturated rings. The molecule has 0 aromatic rings. The van der Waals surface area contributed by atoms with E-state index in [-0.39, 0.29) is 14.9 Å². The van der Waals surface area contributed by atoms with Crippen LogP contribution in [0, 0.1) is 0 Å². The fourth-order valence-corrected chi connectivity index (χ4v) is 0.0833. The summed E-state index contributed by atoms with van der Waals surface area (Å²) < 4.78 is 8.08. The first-order chi connectivity index (χ1) is 4.81. The van der Waals surface area contributed by atoms with E-state index in [1.807, 2.05) is 0 Å². The summed E-state index contributed by atoms with van der Waals surface area (Å²) in [5.41, 5.74) is 0. The summed E-state index contributed by atoms with van der Waals surface area (Å²) in [6.07, 6.45) is -0.657. The van der Waals surface area contributed by atoms with Crippen molar-refractivity contribution in [1.29, 1.82) is 0 Å². The Hall–Kier alpha value is -0.810. The highest BCUT2D eigenvalue weighted by atomic mass is 16.7. The molecule has 0 amide bonds. The number of hydrogen-bond acceptors (Lipinski definition) is 5. The van der Waals surface area contributed by atoms with E-state index in [0.29, 0.717) is 0 Å². The molecule has 12 heavy (non-hydrogen) atoms. The fraction of sp³-hybridized carbons (Fsp3) is 0.857. The van der Waals surface area contributed by atoms with Gasteiger partial charge in [0.05, 0.1) is 14.2 Å². The van der Waals surface area contributed by atoms with Crippen LogP contribution in [0.5, 0.6) is 0 Å². The van der Waals surface area contributed by atoms with Crippen molar-refractivity contribution in [3.8, 4) is 0 Å². The van der Waals surface area contributed by atoms with Gasteiger partial charge in [0.25, 0.3) is 0 Å². The smallest absolute Gasteiger partial charge is 0.438 e. The van der Waals surface area contributed by atoms with Gasteiger partial charge in [-0.2, -0.15) is 0 Å². The maximum absolute atomic E-state index is 9.74. The summed E-state index contributed by atoms with van der Waals surface area (Å²) >= 11 is 0. The third kappa shape index (κ3) is 60.6. The molecule has 0 aliphatic heterocycles. The number of methoxy groups -OCH3 is 2. The van der Waals surface area contributed by atoms with Crippen molar-refractivity contribution in [2.45, 2.75) is 14.9 Å². The maximum atomic E-state index is 9.74. The van der Waals surface area contributed by atoms with E-state index in [2.05, 4.69) is 9.47 Å². The average molecular weight is 186 g/mol. The summed E-state index contributed by atoms with van der Waals surface area (Å²) in [5, 5.41) is 14.0. The lowest BCUT2D eigenvalue weighted by atomic mass is 11.3. The molecule has 0 unspecified atom stereocenters. The Morgan fingerprint density at radius 1 is 0.917 bits per heavy atom. The van der Waals surface area contributed by atoms with Crippen LogP contribution >= 0.6 is 0 Å². The summed E-state index contributed by atoms with van der Waals surface area (Å²) in [6, 6.07) is 0. The fourth-order valence-electron chi connectivity index (χ4n) is 0.0833. The molecule has 0 aromatic carbocycles. The van der Waals surface area contributed by atoms with Crippen LogP contribution in [-0.2, 0) is 9.47 Å². The first-order valence-electron chi connectivity index (χ1n) is 2.32. The molecule has 0 saturated heterocycles. The van der Waals surface area contributed by atoms with E-state index in [9.17, 15) is 4.79 Å². The monoisotopic (exact) mass is 186 g/mol. The van der Waals surface area contributed by atoms with Gasteiger partial charge >= 0.3 is 6.16 Å². The highest BCUT2D eigenvalue weighted by molar-refractivity contribution is 5.59. The quantitative estimate of drug-likeness (QED) is 0.549. The van der Waals surface area contributed by atoms with E-state index >= 15 is 0 Å². The van der Waals surface area contributed by atoms with Gasteiger partial charge in [0, 0.05) is 14.2 Å². The second-order valence-corrected chi connectivity index (χ2v) is 0.658. The minimum absolute atomic E-state index is 0. The van der Waals surface area contributed by atoms with Gasteiger partial charge < -0.3 is 19.7 Å². The van der Waals surface area contributed by atoms with Crippen molar-refractivity contribution < 1.29 is 24.5 Å². The number of hydrogen-bond donors (Lipinski definition) is 2. The van der Waals surface area contributed by atoms with E-state index in [0.717, 1.165) is 14.2 Å². The normalized spacial score (nSPS) is 4.50. The molecule has 0 spiro atoms. The average Bonchev–Trinajstić information content (AvgIpc) is 2.10. The predicted octanol–water partition coefficient (Wildman–Crippen LogP) is 0.888. The predicted molar refractivity (Wildman–Crippen MR) is 49.2 cm³/mol. The molecule has 2 N–H and O–H groups in total. The summed E-state index contributed by atoms with van der Waals surface area (Å²) in [6.45, 7) is 0. The van der Waals surface area contributed by atoms with Crippen LogP contribution in [0.1, 0.15) is 14.9 Å². The molecule has 0 aliphatic rings. The Balaban J connectivity index is -0.0000000241. The van der Waals surface area contributed by atoms with Gasteiger partial charge in [-0.15, -0.1) is 0 Å². The zero-order valence-electron chi connectivity index (χ0n) is 6.62. The SMILES string of the molecule is C.C.CO.CO.COC(=O)OC. The van der Waals surface area contributed by atoms with Crippen molar-refractivity contribution in [3.05, 3.63) is 0 Å². The Labute approximate surface area is 74.9 Å². The molecule has 0 aromatic heterocycles. The zero-order chi connectivity index (χ0) is 8.99. The molecule has 0 atom stereocenters. The lowest BCUT2D eigenvalue weighted by Gasteiger charge is -1.89. The first-order valence-corrected chi connectivity index (χ1v) is 2.32. The van der Waals surface area contributed by atoms with Crippen molar-refractivity contribution in [2.24, 2.45) is 0 Å². The second-order valence-electron chi connectivity index (χ2n) is 0.658. The van der Waals surface area contributed by atoms with Gasteiger partial charge in [0.2, 0.25) is 0 Å². The van der Waals surface area contributed by atoms with Crippen LogP contribution in [0.3, 0.4) is 0 Å². The van der Waals surface area contributed by atoms with Crippen LogP contribution in [0.2, 0.25) is 0 Å². The van der Waals surface area contributed by atoms with Crippen LogP contribution in [0.15, 0.2) is 0 Å². The van der Waals surface area contributed by atoms with Crippen LogP contribution in [-0.4, -0.2) is 44.8 Å². The molecule has 0 heterocycles. The van der Waals surface area contributed by atoms with Crippen molar-refractivity contribution in [1.82, 2.24) is 0 Å². The molecule has 0 saturated carbocycles. The Bertz CT molecular complexity index is 49.8. The van der Waals surface area contributed by atoms with Gasteiger partial charge in [-0.25, -0.2) is 4.79 Å². The summed E-state index contributed by atoms with van der Waals surface area (Å²) in [7, 11) is 4.51. The third-order valence-corrected chi connectivity index (χ3v) is 0.333. The van der Waals surface area contributed by atoms with Gasteiger partial charge in [0.1, 0.15) is 0 Å². The number of rotatable bonds is 0. The molecule has 0 bridgehead atoms. The van der Waals surface area contributed by atoms with E-state index in [4.69, 9.17) is 10.2 Å². The van der Waals surface area contributed by atoms with Gasteiger partial charge in [0.15, 0.2) is 0 Å². The maximum Gasteiger partial charge on any atom is 0.507 e. The standard InChI is InChI=1S/C3H6O3.2CH4O.2CH4/c1-5-3(4)6-2;2*1-2;;/h1-2H3;2*2H,1H3;2*1H4. The molecule has 0 aliphatic carbocycles. The largest absolute Gasteiger partial charge is 0.507 e. The van der Waals surface area contributed by atoms with E-state index < -0.39 is 6.16 Å². The van der Waals surface area contributed by atoms with Crippen molar-refractivity contribution in [2.75, 3.05) is 28.4 Å². The number of aliphatic hydroxyl groups is 2. The minimum atomic E-state index is -0.657. The number of ether oxygens (including phenoxy) is 2. The van der Waals surface area contributed by atoms with Crippen LogP contribution in [0.25, 0.3) is 0 Å².